The van der Waals surface area contributed by atoms with Gasteiger partial charge >= 0.3 is 11.9 Å². The van der Waals surface area contributed by atoms with Crippen LogP contribution in [0, 0.1) is 17.0 Å². The zero-order valence-corrected chi connectivity index (χ0v) is 15.9. The van der Waals surface area contributed by atoms with Gasteiger partial charge < -0.3 is 15.3 Å². The minimum absolute atomic E-state index is 0.0140. The Bertz CT molecular complexity index is 1280. The molecule has 0 saturated carbocycles. The van der Waals surface area contributed by atoms with Crippen molar-refractivity contribution in [2.75, 3.05) is 5.32 Å². The second-order valence-corrected chi connectivity index (χ2v) is 6.57. The van der Waals surface area contributed by atoms with Crippen LogP contribution < -0.4 is 9.74 Å². The summed E-state index contributed by atoms with van der Waals surface area (Å²) in [6.07, 6.45) is -5.70. The Balaban J connectivity index is 1.82. The first kappa shape index (κ1) is 21.7. The summed E-state index contributed by atoms with van der Waals surface area (Å²) in [5.74, 6) is -3.70. The number of benzene rings is 2. The van der Waals surface area contributed by atoms with E-state index in [0.717, 1.165) is 18.2 Å². The summed E-state index contributed by atoms with van der Waals surface area (Å²) in [4.78, 5) is 49.2. The number of Topliss-reactive ketones (excluding diaryl/α,β-unsaturated/α-hetero) is 2. The SMILES string of the molecule is Cc1c(C(=O)CC(=O)C(=O)Nc2cccc(C(F)(F)F)c2)[n+](=O)c2ccccc2n1[O-]. The van der Waals surface area contributed by atoms with Gasteiger partial charge in [-0.25, -0.2) is 0 Å². The van der Waals surface area contributed by atoms with Crippen LogP contribution in [0.1, 0.15) is 28.2 Å². The fourth-order valence-electron chi connectivity index (χ4n) is 2.95. The summed E-state index contributed by atoms with van der Waals surface area (Å²) in [7, 11) is 0. The highest BCUT2D eigenvalue weighted by molar-refractivity contribution is 6.43. The molecule has 1 N–H and O–H groups in total. The van der Waals surface area contributed by atoms with Gasteiger partial charge in [0, 0.05) is 16.7 Å². The molecule has 0 saturated heterocycles. The van der Waals surface area contributed by atoms with Crippen molar-refractivity contribution in [3.05, 3.63) is 75.6 Å². The molecule has 0 spiro atoms. The molecule has 31 heavy (non-hydrogen) atoms. The van der Waals surface area contributed by atoms with Crippen molar-refractivity contribution in [1.82, 2.24) is 4.73 Å². The second kappa shape index (κ2) is 8.01. The van der Waals surface area contributed by atoms with Crippen molar-refractivity contribution in [2.24, 2.45) is 0 Å². The lowest BCUT2D eigenvalue weighted by Gasteiger charge is -2.15. The monoisotopic (exact) mass is 433 g/mol. The third kappa shape index (κ3) is 4.29. The molecule has 3 rings (SSSR count). The maximum Gasteiger partial charge on any atom is 0.416 e. The fourth-order valence-corrected chi connectivity index (χ4v) is 2.95. The van der Waals surface area contributed by atoms with Crippen LogP contribution in [-0.4, -0.2) is 22.2 Å². The zero-order chi connectivity index (χ0) is 22.9. The molecule has 1 amide bonds. The number of alkyl halides is 3. The number of nitrogens with zero attached hydrogens (tertiary/aromatic N) is 2. The van der Waals surface area contributed by atoms with E-state index in [2.05, 4.69) is 0 Å². The van der Waals surface area contributed by atoms with Crippen LogP contribution in [0.3, 0.4) is 0 Å². The Hall–Kier alpha value is -4.02. The molecule has 1 aromatic heterocycles. The van der Waals surface area contributed by atoms with Gasteiger partial charge in [-0.15, -0.1) is 0 Å². The van der Waals surface area contributed by atoms with E-state index < -0.39 is 41.3 Å². The topological polar surface area (TPSA) is 114 Å². The molecule has 0 aliphatic heterocycles. The minimum atomic E-state index is -4.65. The molecule has 1 heterocycles. The number of aromatic nitrogens is 2. The maximum absolute atomic E-state index is 12.8. The van der Waals surface area contributed by atoms with Gasteiger partial charge in [0.05, 0.1) is 22.1 Å². The molecule has 3 aromatic rings. The van der Waals surface area contributed by atoms with E-state index in [1.165, 1.54) is 31.2 Å². The molecule has 2 aromatic carbocycles. The van der Waals surface area contributed by atoms with Crippen molar-refractivity contribution >= 4 is 34.2 Å². The number of anilines is 1. The van der Waals surface area contributed by atoms with Gasteiger partial charge in [0.25, 0.3) is 11.4 Å². The number of ketones is 2. The summed E-state index contributed by atoms with van der Waals surface area (Å²) in [6, 6.07) is 9.30. The Labute approximate surface area is 172 Å². The third-order valence-corrected chi connectivity index (χ3v) is 4.46. The average molecular weight is 433 g/mol. The molecule has 0 unspecified atom stereocenters. The van der Waals surface area contributed by atoms with Crippen LogP contribution in [0.5, 0.6) is 0 Å². The number of hydrogen-bond donors (Lipinski definition) is 1. The first-order valence-electron chi connectivity index (χ1n) is 8.79. The predicted molar refractivity (Wildman–Crippen MR) is 103 cm³/mol. The molecule has 0 bridgehead atoms. The molecule has 0 aliphatic carbocycles. The Morgan fingerprint density at radius 2 is 1.77 bits per heavy atom. The van der Waals surface area contributed by atoms with E-state index in [1.54, 1.807) is 0 Å². The molecular formula is C20H14F3N3O5. The van der Waals surface area contributed by atoms with Crippen molar-refractivity contribution in [3.63, 3.8) is 0 Å². The number of para-hydroxylation sites is 2. The van der Waals surface area contributed by atoms with E-state index in [-0.39, 0.29) is 26.8 Å². The highest BCUT2D eigenvalue weighted by Gasteiger charge is 2.32. The number of nitrogens with one attached hydrogen (secondary N) is 1. The van der Waals surface area contributed by atoms with Gasteiger partial charge in [0.1, 0.15) is 5.52 Å². The Morgan fingerprint density at radius 3 is 2.45 bits per heavy atom. The normalized spacial score (nSPS) is 11.4. The van der Waals surface area contributed by atoms with Crippen LogP contribution >= 0.6 is 0 Å². The van der Waals surface area contributed by atoms with Crippen molar-refractivity contribution in [1.29, 1.82) is 0 Å². The average Bonchev–Trinajstić information content (AvgIpc) is 2.71. The number of fused-ring (bicyclic) bond motifs is 1. The van der Waals surface area contributed by atoms with E-state index in [9.17, 15) is 37.7 Å². The lowest BCUT2D eigenvalue weighted by atomic mass is 10.1. The van der Waals surface area contributed by atoms with Gasteiger partial charge in [-0.3, -0.25) is 14.4 Å². The van der Waals surface area contributed by atoms with Gasteiger partial charge in [0.15, 0.2) is 0 Å². The summed E-state index contributed by atoms with van der Waals surface area (Å²) in [6.45, 7) is 1.22. The van der Waals surface area contributed by atoms with E-state index in [0.29, 0.717) is 10.8 Å². The summed E-state index contributed by atoms with van der Waals surface area (Å²) >= 11 is 0. The number of rotatable bonds is 5. The molecule has 0 radical (unpaired) electrons. The third-order valence-electron chi connectivity index (χ3n) is 4.46. The molecule has 0 atom stereocenters. The lowest BCUT2D eigenvalue weighted by Crippen LogP contribution is -2.33. The molecule has 8 nitrogen and oxygen atoms in total. The zero-order valence-electron chi connectivity index (χ0n) is 15.9. The van der Waals surface area contributed by atoms with Crippen molar-refractivity contribution < 1.29 is 32.0 Å². The number of carbonyl (C=O) groups is 3. The van der Waals surface area contributed by atoms with Crippen LogP contribution in [0.15, 0.2) is 48.5 Å². The van der Waals surface area contributed by atoms with E-state index in [4.69, 9.17) is 0 Å². The minimum Gasteiger partial charge on any atom is -0.805 e. The smallest absolute Gasteiger partial charge is 0.416 e. The molecule has 0 fully saturated rings. The summed E-state index contributed by atoms with van der Waals surface area (Å²) in [5.41, 5.74) is -2.28. The van der Waals surface area contributed by atoms with Crippen molar-refractivity contribution in [2.45, 2.75) is 19.5 Å². The highest BCUT2D eigenvalue weighted by Crippen LogP contribution is 2.30. The molecular weight excluding hydrogens is 419 g/mol. The van der Waals surface area contributed by atoms with Gasteiger partial charge in [-0.1, -0.05) is 18.2 Å². The van der Waals surface area contributed by atoms with Gasteiger partial charge in [0.2, 0.25) is 11.6 Å². The highest BCUT2D eigenvalue weighted by atomic mass is 19.4. The first-order valence-corrected chi connectivity index (χ1v) is 8.79. The number of halogens is 3. The number of carbonyl (C=O) groups excluding carboxylic acids is 3. The van der Waals surface area contributed by atoms with Crippen LogP contribution in [-0.2, 0) is 15.8 Å². The Kier molecular flexibility index (Phi) is 5.60. The van der Waals surface area contributed by atoms with Crippen LogP contribution in [0.25, 0.3) is 11.0 Å². The second-order valence-electron chi connectivity index (χ2n) is 6.57. The number of amides is 1. The Morgan fingerprint density at radius 1 is 1.10 bits per heavy atom. The largest absolute Gasteiger partial charge is 0.805 e. The van der Waals surface area contributed by atoms with Gasteiger partial charge in [-0.05, 0) is 31.2 Å². The predicted octanol–water partition coefficient (Wildman–Crippen LogP) is 3.01. The first-order chi connectivity index (χ1) is 14.5. The molecule has 11 heteroatoms. The maximum atomic E-state index is 12.8. The van der Waals surface area contributed by atoms with Crippen LogP contribution in [0.2, 0.25) is 0 Å². The van der Waals surface area contributed by atoms with E-state index in [1.807, 2.05) is 5.32 Å². The van der Waals surface area contributed by atoms with Crippen molar-refractivity contribution in [3.8, 4) is 0 Å². The molecule has 160 valence electrons. The standard InChI is InChI=1S/C20H14F3N3O5/c1-11-18(26(31)15-8-3-2-7-14(15)25(11)30)16(27)10-17(28)19(29)24-13-6-4-5-12(9-13)20(21,22)23/h2-9H,10H2,1H3,(H,24,29). The van der Waals surface area contributed by atoms with Gasteiger partial charge in [-0.2, -0.15) is 13.2 Å². The fraction of sp³-hybridized carbons (Fsp3) is 0.150. The number of hydrogen-bond acceptors (Lipinski definition) is 5. The lowest BCUT2D eigenvalue weighted by molar-refractivity contribution is -0.468. The summed E-state index contributed by atoms with van der Waals surface area (Å²) in [5, 5.41) is 14.3. The van der Waals surface area contributed by atoms with Crippen LogP contribution in [0.4, 0.5) is 18.9 Å². The quantitative estimate of drug-likeness (QED) is 0.288. The molecule has 0 aliphatic rings. The van der Waals surface area contributed by atoms with E-state index >= 15 is 0 Å². The summed E-state index contributed by atoms with van der Waals surface area (Å²) < 4.78 is 38.9.